The minimum atomic E-state index is -0.378. The lowest BCUT2D eigenvalue weighted by molar-refractivity contribution is -0.130. The van der Waals surface area contributed by atoms with Crippen molar-refractivity contribution in [3.8, 4) is 0 Å². The molecule has 0 bridgehead atoms. The summed E-state index contributed by atoms with van der Waals surface area (Å²) < 4.78 is 0. The molecule has 2 rings (SSSR count). The third kappa shape index (κ3) is 4.45. The van der Waals surface area contributed by atoms with Gasteiger partial charge in [-0.3, -0.25) is 4.79 Å². The average molecular weight is 330 g/mol. The Bertz CT molecular complexity index is 639. The monoisotopic (exact) mass is 330 g/mol. The highest BCUT2D eigenvalue weighted by molar-refractivity contribution is 8.00. The minimum Gasteiger partial charge on any atom is -0.384 e. The number of aryl methyl sites for hydroxylation is 1. The number of hydrogen-bond donors (Lipinski definition) is 1. The summed E-state index contributed by atoms with van der Waals surface area (Å²) in [6.07, 6.45) is 0. The molecule has 0 radical (unpaired) electrons. The number of carbonyl (C=O) groups excluding carboxylic acids is 1. The van der Waals surface area contributed by atoms with Gasteiger partial charge in [0.2, 0.25) is 5.91 Å². The highest BCUT2D eigenvalue weighted by Crippen LogP contribution is 2.35. The van der Waals surface area contributed by atoms with Crippen LogP contribution in [0.2, 0.25) is 0 Å². The van der Waals surface area contributed by atoms with Crippen LogP contribution in [0.3, 0.4) is 0 Å². The Morgan fingerprint density at radius 3 is 2.43 bits per heavy atom. The van der Waals surface area contributed by atoms with E-state index in [2.05, 4.69) is 9.97 Å². The zero-order valence-corrected chi connectivity index (χ0v) is 14.5. The van der Waals surface area contributed by atoms with E-state index in [0.717, 1.165) is 11.3 Å². The number of nitrogens with zero attached hydrogens (tertiary/aromatic N) is 3. The summed E-state index contributed by atoms with van der Waals surface area (Å²) in [5.74, 6) is 0.483. The standard InChI is InChI=1S/C17H22N4OS/c1-4-21(5-2)16(22)15(13-9-7-6-8-10-13)23-17-19-12(3)11-14(18)20-17/h6-11,15H,4-5H2,1-3H3,(H2,18,19,20). The van der Waals surface area contributed by atoms with Crippen molar-refractivity contribution in [1.29, 1.82) is 0 Å². The molecule has 1 aromatic heterocycles. The summed E-state index contributed by atoms with van der Waals surface area (Å²) in [4.78, 5) is 23.4. The molecule has 0 saturated carbocycles. The van der Waals surface area contributed by atoms with Crippen LogP contribution in [0.1, 0.15) is 30.4 Å². The lowest BCUT2D eigenvalue weighted by Gasteiger charge is -2.24. The second-order valence-electron chi connectivity index (χ2n) is 5.14. The van der Waals surface area contributed by atoms with Crippen molar-refractivity contribution in [2.75, 3.05) is 18.8 Å². The van der Waals surface area contributed by atoms with Crippen molar-refractivity contribution in [3.63, 3.8) is 0 Å². The van der Waals surface area contributed by atoms with E-state index in [9.17, 15) is 4.79 Å². The van der Waals surface area contributed by atoms with Gasteiger partial charge in [0.15, 0.2) is 5.16 Å². The fraction of sp³-hybridized carbons (Fsp3) is 0.353. The number of carbonyl (C=O) groups is 1. The third-order valence-corrected chi connectivity index (χ3v) is 4.58. The maximum atomic E-state index is 12.9. The summed E-state index contributed by atoms with van der Waals surface area (Å²) in [6, 6.07) is 11.4. The number of hydrogen-bond acceptors (Lipinski definition) is 5. The van der Waals surface area contributed by atoms with Crippen LogP contribution in [0.4, 0.5) is 5.82 Å². The van der Waals surface area contributed by atoms with Crippen molar-refractivity contribution < 1.29 is 4.79 Å². The highest BCUT2D eigenvalue weighted by atomic mass is 32.2. The minimum absolute atomic E-state index is 0.0647. The van der Waals surface area contributed by atoms with Gasteiger partial charge < -0.3 is 10.6 Å². The molecule has 2 aromatic rings. The Labute approximate surface area is 141 Å². The largest absolute Gasteiger partial charge is 0.384 e. The Hall–Kier alpha value is -2.08. The van der Waals surface area contributed by atoms with E-state index < -0.39 is 0 Å². The predicted molar refractivity (Wildman–Crippen MR) is 94.1 cm³/mol. The SMILES string of the molecule is CCN(CC)C(=O)C(Sc1nc(C)cc(N)n1)c1ccccc1. The van der Waals surface area contributed by atoms with Gasteiger partial charge >= 0.3 is 0 Å². The first kappa shape index (κ1) is 17.3. The Morgan fingerprint density at radius 1 is 1.22 bits per heavy atom. The summed E-state index contributed by atoms with van der Waals surface area (Å²) >= 11 is 1.34. The molecule has 6 heteroatoms. The van der Waals surface area contributed by atoms with Gasteiger partial charge in [0.05, 0.1) is 0 Å². The number of thioether (sulfide) groups is 1. The zero-order chi connectivity index (χ0) is 16.8. The molecule has 1 aromatic carbocycles. The number of benzene rings is 1. The third-order valence-electron chi connectivity index (χ3n) is 3.48. The van der Waals surface area contributed by atoms with Crippen molar-refractivity contribution in [3.05, 3.63) is 47.7 Å². The topological polar surface area (TPSA) is 72.1 Å². The van der Waals surface area contributed by atoms with Crippen molar-refractivity contribution in [2.24, 2.45) is 0 Å². The van der Waals surface area contributed by atoms with Crippen LogP contribution in [0, 0.1) is 6.92 Å². The number of likely N-dealkylation sites (N-methyl/N-ethyl adjacent to an activating group) is 1. The predicted octanol–water partition coefficient (Wildman–Crippen LogP) is 3.07. The van der Waals surface area contributed by atoms with Gasteiger partial charge in [0.1, 0.15) is 11.1 Å². The van der Waals surface area contributed by atoms with E-state index >= 15 is 0 Å². The van der Waals surface area contributed by atoms with Crippen LogP contribution >= 0.6 is 11.8 Å². The lowest BCUT2D eigenvalue weighted by atomic mass is 10.1. The van der Waals surface area contributed by atoms with Crippen LogP contribution < -0.4 is 5.73 Å². The van der Waals surface area contributed by atoms with E-state index in [1.54, 1.807) is 6.07 Å². The van der Waals surface area contributed by atoms with Crippen LogP contribution in [0.5, 0.6) is 0 Å². The van der Waals surface area contributed by atoms with E-state index in [-0.39, 0.29) is 11.2 Å². The molecule has 0 fully saturated rings. The number of rotatable bonds is 6. The molecule has 1 amide bonds. The maximum absolute atomic E-state index is 12.9. The molecule has 0 aliphatic heterocycles. The molecule has 5 nitrogen and oxygen atoms in total. The van der Waals surface area contributed by atoms with Gasteiger partial charge in [-0.25, -0.2) is 9.97 Å². The molecule has 2 N–H and O–H groups in total. The molecule has 1 heterocycles. The van der Waals surface area contributed by atoms with E-state index in [4.69, 9.17) is 5.73 Å². The van der Waals surface area contributed by atoms with Crippen LogP contribution in [0.25, 0.3) is 0 Å². The molecule has 0 saturated heterocycles. The lowest BCUT2D eigenvalue weighted by Crippen LogP contribution is -2.34. The van der Waals surface area contributed by atoms with Crippen LogP contribution in [-0.2, 0) is 4.79 Å². The first-order valence-electron chi connectivity index (χ1n) is 7.66. The summed E-state index contributed by atoms with van der Waals surface area (Å²) in [7, 11) is 0. The second-order valence-corrected chi connectivity index (χ2v) is 6.21. The van der Waals surface area contributed by atoms with Gasteiger partial charge in [-0.2, -0.15) is 0 Å². The summed E-state index contributed by atoms with van der Waals surface area (Å²) in [6.45, 7) is 7.18. The van der Waals surface area contributed by atoms with Crippen molar-refractivity contribution >= 4 is 23.5 Å². The van der Waals surface area contributed by atoms with E-state index in [1.807, 2.05) is 56.0 Å². The first-order chi connectivity index (χ1) is 11.0. The highest BCUT2D eigenvalue weighted by Gasteiger charge is 2.26. The molecule has 1 atom stereocenters. The molecule has 0 aliphatic carbocycles. The smallest absolute Gasteiger partial charge is 0.240 e. The number of nitrogens with two attached hydrogens (primary N) is 1. The summed E-state index contributed by atoms with van der Waals surface area (Å²) in [5.41, 5.74) is 7.54. The normalized spacial score (nSPS) is 12.0. The molecule has 23 heavy (non-hydrogen) atoms. The number of amides is 1. The van der Waals surface area contributed by atoms with E-state index in [0.29, 0.717) is 24.1 Å². The first-order valence-corrected chi connectivity index (χ1v) is 8.54. The van der Waals surface area contributed by atoms with Gasteiger partial charge in [0, 0.05) is 24.8 Å². The number of nitrogen functional groups attached to an aromatic ring is 1. The second kappa shape index (κ2) is 7.97. The number of aromatic nitrogens is 2. The molecule has 0 spiro atoms. The Balaban J connectivity index is 2.35. The average Bonchev–Trinajstić information content (AvgIpc) is 2.53. The van der Waals surface area contributed by atoms with E-state index in [1.165, 1.54) is 11.8 Å². The van der Waals surface area contributed by atoms with Gasteiger partial charge in [-0.15, -0.1) is 0 Å². The molecule has 0 aliphatic rings. The van der Waals surface area contributed by atoms with Gasteiger partial charge in [-0.1, -0.05) is 42.1 Å². The molecule has 1 unspecified atom stereocenters. The molecular weight excluding hydrogens is 308 g/mol. The van der Waals surface area contributed by atoms with Crippen molar-refractivity contribution in [1.82, 2.24) is 14.9 Å². The zero-order valence-electron chi connectivity index (χ0n) is 13.7. The van der Waals surface area contributed by atoms with Crippen LogP contribution in [0.15, 0.2) is 41.6 Å². The Kier molecular flexibility index (Phi) is 5.98. The van der Waals surface area contributed by atoms with Crippen LogP contribution in [-0.4, -0.2) is 33.9 Å². The quantitative estimate of drug-likeness (QED) is 0.651. The van der Waals surface area contributed by atoms with Gasteiger partial charge in [0.25, 0.3) is 0 Å². The fourth-order valence-corrected chi connectivity index (χ4v) is 3.42. The number of anilines is 1. The fourth-order valence-electron chi connectivity index (χ4n) is 2.31. The Morgan fingerprint density at radius 2 is 1.87 bits per heavy atom. The van der Waals surface area contributed by atoms with Gasteiger partial charge in [-0.05, 0) is 26.3 Å². The summed E-state index contributed by atoms with van der Waals surface area (Å²) in [5, 5.41) is 0.147. The van der Waals surface area contributed by atoms with Crippen molar-refractivity contribution in [2.45, 2.75) is 31.2 Å². The molecular formula is C17H22N4OS. The molecule has 122 valence electrons. The maximum Gasteiger partial charge on any atom is 0.240 e.